The minimum atomic E-state index is 0. The van der Waals surface area contributed by atoms with Crippen molar-refractivity contribution in [2.45, 2.75) is 6.92 Å². The van der Waals surface area contributed by atoms with Gasteiger partial charge in [-0.3, -0.25) is 14.4 Å². The minimum absolute atomic E-state index is 0. The number of carbonyl (C=O) groups excluding carboxylic acids is 3. The maximum absolute atomic E-state index is 7.50. The number of benzene rings is 1. The molecule has 0 bridgehead atoms. The molecule has 0 heterocycles. The summed E-state index contributed by atoms with van der Waals surface area (Å²) in [6.07, 6.45) is 0. The molecule has 6 radical (unpaired) electrons. The monoisotopic (exact) mass is 306 g/mol. The Balaban J connectivity index is -0.0000000755. The summed E-state index contributed by atoms with van der Waals surface area (Å²) in [4.78, 5) is 22.5. The Morgan fingerprint density at radius 3 is 1.33 bits per heavy atom. The minimum Gasteiger partial charge on any atom is -0.281 e. The van der Waals surface area contributed by atoms with Gasteiger partial charge in [0.15, 0.2) is 0 Å². The van der Waals surface area contributed by atoms with Crippen molar-refractivity contribution in [2.24, 2.45) is 0 Å². The second-order valence-corrected chi connectivity index (χ2v) is 2.71. The summed E-state index contributed by atoms with van der Waals surface area (Å²) in [5.41, 5.74) is 1.30. The Morgan fingerprint density at radius 1 is 0.867 bits per heavy atom. The maximum Gasteiger partial charge on any atom is 0.281 e. The molecule has 1 aromatic carbocycles. The van der Waals surface area contributed by atoms with Gasteiger partial charge in [0, 0.05) is 21.8 Å². The Bertz CT molecular complexity index is 191. The van der Waals surface area contributed by atoms with Crippen LogP contribution in [-0.2, 0) is 31.7 Å². The smallest absolute Gasteiger partial charge is 0.281 e. The van der Waals surface area contributed by atoms with E-state index in [0.29, 0.717) is 0 Å². The van der Waals surface area contributed by atoms with Crippen LogP contribution in [0.4, 0.5) is 0 Å². The topological polar surface area (TPSA) is 51.2 Å². The van der Waals surface area contributed by atoms with E-state index in [-0.39, 0.29) is 17.4 Å². The summed E-state index contributed by atoms with van der Waals surface area (Å²) in [5.74, 6) is 0. The van der Waals surface area contributed by atoms with Gasteiger partial charge in [0.1, 0.15) is 0 Å². The van der Waals surface area contributed by atoms with Gasteiger partial charge in [-0.05, 0) is 19.1 Å². The molecule has 78 valence electrons. The van der Waals surface area contributed by atoms with Crippen LogP contribution in [-0.4, -0.2) is 20.4 Å². The average Bonchev–Trinajstić information content (AvgIpc) is 2.31. The van der Waals surface area contributed by atoms with Crippen LogP contribution >= 0.6 is 15.9 Å². The third-order valence-corrected chi connectivity index (χ3v) is 1.54. The molecule has 1 aromatic rings. The molecule has 0 aliphatic heterocycles. The zero-order chi connectivity index (χ0) is 12.0. The van der Waals surface area contributed by atoms with Crippen LogP contribution in [0.1, 0.15) is 5.56 Å². The van der Waals surface area contributed by atoms with Crippen molar-refractivity contribution in [2.75, 3.05) is 0 Å². The predicted octanol–water partition coefficient (Wildman–Crippen LogP) is 1.56. The number of aryl methyl sites for hydroxylation is 1. The van der Waals surface area contributed by atoms with Crippen LogP contribution in [0, 0.1) is 6.92 Å². The average molecular weight is 307 g/mol. The van der Waals surface area contributed by atoms with Crippen LogP contribution in [0.15, 0.2) is 28.7 Å². The number of rotatable bonds is 0. The van der Waals surface area contributed by atoms with Gasteiger partial charge < -0.3 is 0 Å². The van der Waals surface area contributed by atoms with Crippen molar-refractivity contribution in [1.29, 1.82) is 0 Å². The molecular weight excluding hydrogens is 300 g/mol. The van der Waals surface area contributed by atoms with E-state index in [1.165, 1.54) is 5.56 Å². The van der Waals surface area contributed by atoms with Crippen LogP contribution < -0.4 is 0 Å². The summed E-state index contributed by atoms with van der Waals surface area (Å²) in [5, 5.41) is 0. The van der Waals surface area contributed by atoms with Gasteiger partial charge in [0.2, 0.25) is 0 Å². The fraction of sp³-hybridized carbons (Fsp3) is 0.100. The summed E-state index contributed by atoms with van der Waals surface area (Å²) in [6.45, 7) is 15.6. The standard InChI is InChI=1S/C7H7Br.3CO.Cr/c1-6-2-4-7(8)5-3-6;3*1-2;/h2-5H,1H3;;;;. The molecule has 1 rings (SSSR count). The van der Waals surface area contributed by atoms with Crippen molar-refractivity contribution >= 4 is 36.3 Å². The van der Waals surface area contributed by atoms with Gasteiger partial charge in [0.05, 0.1) is 0 Å². The molecule has 0 aliphatic rings. The first-order chi connectivity index (χ1) is 6.79. The zero-order valence-corrected chi connectivity index (χ0v) is 10.7. The summed E-state index contributed by atoms with van der Waals surface area (Å²) in [6, 6.07) is 8.22. The summed E-state index contributed by atoms with van der Waals surface area (Å²) in [7, 11) is 0. The first-order valence-electron chi connectivity index (χ1n) is 3.12. The third-order valence-electron chi connectivity index (χ3n) is 1.01. The van der Waals surface area contributed by atoms with Gasteiger partial charge in [-0.1, -0.05) is 33.6 Å². The van der Waals surface area contributed by atoms with Crippen molar-refractivity contribution in [3.05, 3.63) is 34.3 Å². The van der Waals surface area contributed by atoms with Crippen molar-refractivity contribution < 1.29 is 31.7 Å². The number of hydrogen-bond acceptors (Lipinski definition) is 3. The van der Waals surface area contributed by atoms with Gasteiger partial charge in [-0.15, -0.1) is 0 Å². The molecule has 0 N–H and O–H groups in total. The summed E-state index contributed by atoms with van der Waals surface area (Å²) >= 11 is 3.35. The van der Waals surface area contributed by atoms with Crippen LogP contribution in [0.5, 0.6) is 0 Å². The molecule has 0 spiro atoms. The SMILES string of the molecule is Cc1ccc(Br)cc1.[C]=O.[C]=O.[C]=O.[Cr]. The molecule has 0 unspecified atom stereocenters. The molecule has 0 atom stereocenters. The number of halogens is 1. The Hall–Kier alpha value is -0.758. The molecule has 0 saturated carbocycles. The Morgan fingerprint density at radius 2 is 1.13 bits per heavy atom. The number of hydrogen-bond donors (Lipinski definition) is 0. The van der Waals surface area contributed by atoms with E-state index < -0.39 is 0 Å². The maximum atomic E-state index is 7.50. The zero-order valence-electron chi connectivity index (χ0n) is 7.82. The fourth-order valence-electron chi connectivity index (χ4n) is 0.533. The fourth-order valence-corrected chi connectivity index (χ4v) is 0.798. The third kappa shape index (κ3) is 19.6. The molecule has 15 heavy (non-hydrogen) atoms. The van der Waals surface area contributed by atoms with Crippen LogP contribution in [0.2, 0.25) is 0 Å². The molecule has 0 aliphatic carbocycles. The first kappa shape index (κ1) is 23.8. The van der Waals surface area contributed by atoms with Crippen LogP contribution in [0.3, 0.4) is 0 Å². The van der Waals surface area contributed by atoms with E-state index in [2.05, 4.69) is 55.4 Å². The Labute approximate surface area is 109 Å². The Kier molecular flexibility index (Phi) is 36.9. The predicted molar refractivity (Wildman–Crippen MR) is 56.0 cm³/mol. The largest absolute Gasteiger partial charge is 0.281 e. The van der Waals surface area contributed by atoms with E-state index in [1.807, 2.05) is 12.1 Å². The van der Waals surface area contributed by atoms with Crippen molar-refractivity contribution in [1.82, 2.24) is 0 Å². The molecule has 0 saturated heterocycles. The van der Waals surface area contributed by atoms with Gasteiger partial charge >= 0.3 is 0 Å². The molecular formula is C10H7BrCrO3. The van der Waals surface area contributed by atoms with Gasteiger partial charge in [-0.2, -0.15) is 0 Å². The quantitative estimate of drug-likeness (QED) is 0.731. The van der Waals surface area contributed by atoms with E-state index in [0.717, 1.165) is 4.47 Å². The summed E-state index contributed by atoms with van der Waals surface area (Å²) < 4.78 is 1.14. The molecule has 5 heteroatoms. The second kappa shape index (κ2) is 23.2. The molecule has 0 fully saturated rings. The second-order valence-electron chi connectivity index (χ2n) is 1.80. The van der Waals surface area contributed by atoms with E-state index >= 15 is 0 Å². The van der Waals surface area contributed by atoms with Gasteiger partial charge in [-0.25, -0.2) is 0 Å². The van der Waals surface area contributed by atoms with E-state index in [9.17, 15) is 0 Å². The van der Waals surface area contributed by atoms with E-state index in [4.69, 9.17) is 14.4 Å². The first-order valence-corrected chi connectivity index (χ1v) is 3.92. The molecule has 3 nitrogen and oxygen atoms in total. The van der Waals surface area contributed by atoms with E-state index in [1.54, 1.807) is 0 Å². The molecule has 0 amide bonds. The van der Waals surface area contributed by atoms with Crippen LogP contribution in [0.25, 0.3) is 0 Å². The normalized spacial score (nSPS) is 5.73. The van der Waals surface area contributed by atoms with Crippen molar-refractivity contribution in [3.8, 4) is 0 Å². The molecule has 0 aromatic heterocycles. The van der Waals surface area contributed by atoms with Gasteiger partial charge in [0.25, 0.3) is 20.4 Å². The van der Waals surface area contributed by atoms with Crippen molar-refractivity contribution in [3.63, 3.8) is 0 Å².